The van der Waals surface area contributed by atoms with Crippen molar-refractivity contribution in [1.82, 2.24) is 25.6 Å². The number of anilines is 1. The zero-order chi connectivity index (χ0) is 29.0. The van der Waals surface area contributed by atoms with Gasteiger partial charge in [0, 0.05) is 40.0 Å². The molecule has 0 bridgehead atoms. The number of benzene rings is 1. The molecule has 0 spiro atoms. The van der Waals surface area contributed by atoms with Crippen molar-refractivity contribution < 1.29 is 32.2 Å². The first kappa shape index (κ1) is 29.5. The number of methoxy groups -OCH3 is 1. The molecular weight excluding hydrogens is 545 g/mol. The third-order valence-electron chi connectivity index (χ3n) is 6.47. The maximum absolute atomic E-state index is 14.8. The molecule has 0 aliphatic carbocycles. The highest BCUT2D eigenvalue weighted by Gasteiger charge is 2.37. The van der Waals surface area contributed by atoms with Gasteiger partial charge in [0.05, 0.1) is 23.5 Å². The fraction of sp³-hybridized carbons (Fsp3) is 0.462. The van der Waals surface area contributed by atoms with Crippen molar-refractivity contribution in [3.05, 3.63) is 53.2 Å². The summed E-state index contributed by atoms with van der Waals surface area (Å²) in [5.41, 5.74) is 4.98. The van der Waals surface area contributed by atoms with E-state index in [2.05, 4.69) is 40.6 Å². The number of rotatable bonds is 10. The molecule has 216 valence electrons. The van der Waals surface area contributed by atoms with Crippen molar-refractivity contribution in [3.8, 4) is 0 Å². The lowest BCUT2D eigenvalue weighted by Gasteiger charge is -2.25. The number of amides is 2. The Labute approximate surface area is 230 Å². The molecule has 3 aromatic rings. The Bertz CT molecular complexity index is 1380. The number of pyridine rings is 1. The molecule has 2 N–H and O–H groups in total. The summed E-state index contributed by atoms with van der Waals surface area (Å²) in [7, 11) is 0.00423. The van der Waals surface area contributed by atoms with E-state index in [9.17, 15) is 22.8 Å². The van der Waals surface area contributed by atoms with Gasteiger partial charge in [0.25, 0.3) is 11.8 Å². The van der Waals surface area contributed by atoms with E-state index in [0.717, 1.165) is 24.2 Å². The first-order chi connectivity index (χ1) is 19.0. The summed E-state index contributed by atoms with van der Waals surface area (Å²) in [5.74, 6) is -2.25. The Morgan fingerprint density at radius 2 is 1.95 bits per heavy atom. The van der Waals surface area contributed by atoms with Crippen molar-refractivity contribution in [2.45, 2.75) is 51.1 Å². The van der Waals surface area contributed by atoms with Crippen LogP contribution in [0, 0.1) is 11.6 Å². The molecule has 2 amide bonds. The normalized spacial score (nSPS) is 17.4. The lowest BCUT2D eigenvalue weighted by atomic mass is 10.0. The zero-order valence-electron chi connectivity index (χ0n) is 22.8. The summed E-state index contributed by atoms with van der Waals surface area (Å²) in [4.78, 5) is 30.4. The number of nitrogens with zero attached hydrogens (tertiary/aromatic N) is 4. The van der Waals surface area contributed by atoms with Crippen LogP contribution in [0.25, 0.3) is 11.0 Å². The first-order valence-electron chi connectivity index (χ1n) is 12.8. The third kappa shape index (κ3) is 6.98. The summed E-state index contributed by atoms with van der Waals surface area (Å²) in [5, 5.41) is 5.02. The maximum Gasteiger partial charge on any atom is 0.271 e. The van der Waals surface area contributed by atoms with Crippen LogP contribution in [0.2, 0.25) is 25.7 Å². The summed E-state index contributed by atoms with van der Waals surface area (Å²) in [6.45, 7) is 6.90. The SMILES string of the molecule is COCC(=O)NNC(=O)c1cnc2c(c1)c(N1C[C@@H](F)C[C@@H]1c1cc(F)ccc1F)nn2COCC[Si](C)(C)C. The van der Waals surface area contributed by atoms with E-state index in [1.165, 1.54) is 24.1 Å². The summed E-state index contributed by atoms with van der Waals surface area (Å²) < 4.78 is 55.7. The molecule has 1 saturated heterocycles. The number of hydrogen-bond acceptors (Lipinski definition) is 7. The molecule has 0 saturated carbocycles. The molecule has 1 fully saturated rings. The average Bonchev–Trinajstić information content (AvgIpc) is 3.45. The minimum absolute atomic E-state index is 0.0111. The molecule has 2 aromatic heterocycles. The van der Waals surface area contributed by atoms with Crippen LogP contribution in [0.1, 0.15) is 28.4 Å². The quantitative estimate of drug-likeness (QED) is 0.214. The Balaban J connectivity index is 1.70. The van der Waals surface area contributed by atoms with E-state index < -0.39 is 43.7 Å². The number of alkyl halides is 1. The van der Waals surface area contributed by atoms with Crippen LogP contribution in [0.15, 0.2) is 30.5 Å². The first-order valence-corrected chi connectivity index (χ1v) is 16.6. The van der Waals surface area contributed by atoms with Crippen molar-refractivity contribution in [3.63, 3.8) is 0 Å². The van der Waals surface area contributed by atoms with Gasteiger partial charge in [-0.05, 0) is 30.3 Å². The van der Waals surface area contributed by atoms with Gasteiger partial charge in [-0.15, -0.1) is 0 Å². The topological polar surface area (TPSA) is 111 Å². The lowest BCUT2D eigenvalue weighted by molar-refractivity contribution is -0.125. The van der Waals surface area contributed by atoms with Gasteiger partial charge in [0.2, 0.25) is 0 Å². The minimum atomic E-state index is -1.34. The van der Waals surface area contributed by atoms with Gasteiger partial charge in [-0.3, -0.25) is 20.4 Å². The van der Waals surface area contributed by atoms with Crippen molar-refractivity contribution in [1.29, 1.82) is 0 Å². The van der Waals surface area contributed by atoms with Gasteiger partial charge in [-0.25, -0.2) is 22.8 Å². The number of halogens is 3. The summed E-state index contributed by atoms with van der Waals surface area (Å²) in [6, 6.07) is 4.68. The van der Waals surface area contributed by atoms with E-state index in [1.54, 1.807) is 4.90 Å². The molecule has 10 nitrogen and oxygen atoms in total. The second-order valence-corrected chi connectivity index (χ2v) is 16.5. The van der Waals surface area contributed by atoms with E-state index in [0.29, 0.717) is 17.6 Å². The predicted molar refractivity (Wildman–Crippen MR) is 145 cm³/mol. The van der Waals surface area contributed by atoms with Crippen LogP contribution in [0.3, 0.4) is 0 Å². The number of carbonyl (C=O) groups excluding carboxylic acids is 2. The molecule has 4 rings (SSSR count). The molecule has 1 aromatic carbocycles. The maximum atomic E-state index is 14.8. The minimum Gasteiger partial charge on any atom is -0.375 e. The third-order valence-corrected chi connectivity index (χ3v) is 8.17. The fourth-order valence-corrected chi connectivity index (χ4v) is 5.21. The highest BCUT2D eigenvalue weighted by molar-refractivity contribution is 6.76. The zero-order valence-corrected chi connectivity index (χ0v) is 23.8. The van der Waals surface area contributed by atoms with Gasteiger partial charge in [-0.2, -0.15) is 5.10 Å². The molecule has 1 aliphatic heterocycles. The average molecular weight is 579 g/mol. The largest absolute Gasteiger partial charge is 0.375 e. The fourth-order valence-electron chi connectivity index (χ4n) is 4.45. The highest BCUT2D eigenvalue weighted by Crippen LogP contribution is 2.40. The van der Waals surface area contributed by atoms with Crippen LogP contribution < -0.4 is 15.8 Å². The molecule has 40 heavy (non-hydrogen) atoms. The van der Waals surface area contributed by atoms with Crippen LogP contribution >= 0.6 is 0 Å². The monoisotopic (exact) mass is 578 g/mol. The van der Waals surface area contributed by atoms with Gasteiger partial charge in [0.1, 0.15) is 31.1 Å². The van der Waals surface area contributed by atoms with Crippen LogP contribution in [0.5, 0.6) is 0 Å². The van der Waals surface area contributed by atoms with E-state index in [4.69, 9.17) is 9.47 Å². The van der Waals surface area contributed by atoms with Gasteiger partial charge >= 0.3 is 0 Å². The number of nitrogens with one attached hydrogen (secondary N) is 2. The van der Waals surface area contributed by atoms with E-state index in [1.807, 2.05) is 0 Å². The second kappa shape index (κ2) is 12.4. The Hall–Kier alpha value is -3.49. The highest BCUT2D eigenvalue weighted by atomic mass is 28.3. The molecule has 14 heteroatoms. The number of fused-ring (bicyclic) bond motifs is 1. The summed E-state index contributed by atoms with van der Waals surface area (Å²) in [6.07, 6.45) is -0.0764. The second-order valence-electron chi connectivity index (χ2n) is 10.9. The van der Waals surface area contributed by atoms with Crippen molar-refractivity contribution in [2.75, 3.05) is 31.8 Å². The number of aromatic nitrogens is 3. The molecule has 2 atom stereocenters. The van der Waals surface area contributed by atoms with Crippen LogP contribution in [0.4, 0.5) is 19.0 Å². The molecule has 0 radical (unpaired) electrons. The van der Waals surface area contributed by atoms with Gasteiger partial charge in [0.15, 0.2) is 11.5 Å². The molecule has 0 unspecified atom stereocenters. The van der Waals surface area contributed by atoms with Crippen LogP contribution in [-0.4, -0.2) is 67.7 Å². The van der Waals surface area contributed by atoms with Crippen molar-refractivity contribution >= 4 is 36.7 Å². The number of hydrazine groups is 1. The van der Waals surface area contributed by atoms with E-state index >= 15 is 0 Å². The standard InChI is InChI=1S/C26H33F3N6O4Si/c1-38-14-23(36)31-32-26(37)16-9-20-24(30-12-16)35(15-39-7-8-40(2,3)4)33-25(20)34-13-18(28)11-22(34)19-10-17(27)5-6-21(19)29/h5-6,9-10,12,18,22H,7-8,11,13-15H2,1-4H3,(H,31,36)(H,32,37)/t18-,22+/m0/s1. The lowest BCUT2D eigenvalue weighted by Crippen LogP contribution is -2.43. The molecular formula is C26H33F3N6O4Si. The van der Waals surface area contributed by atoms with Gasteiger partial charge < -0.3 is 14.4 Å². The number of hydrogen-bond donors (Lipinski definition) is 2. The van der Waals surface area contributed by atoms with Crippen molar-refractivity contribution in [2.24, 2.45) is 0 Å². The molecule has 1 aliphatic rings. The predicted octanol–water partition coefficient (Wildman–Crippen LogP) is 3.72. The Kier molecular flexibility index (Phi) is 9.11. The Morgan fingerprint density at radius 1 is 1.18 bits per heavy atom. The molecule has 3 heterocycles. The van der Waals surface area contributed by atoms with Gasteiger partial charge in [-0.1, -0.05) is 19.6 Å². The number of ether oxygens (including phenoxy) is 2. The smallest absolute Gasteiger partial charge is 0.271 e. The Morgan fingerprint density at radius 3 is 2.67 bits per heavy atom. The van der Waals surface area contributed by atoms with E-state index in [-0.39, 0.29) is 43.2 Å². The number of carbonyl (C=O) groups is 2. The summed E-state index contributed by atoms with van der Waals surface area (Å²) >= 11 is 0. The van der Waals surface area contributed by atoms with Crippen LogP contribution in [-0.2, 0) is 21.0 Å².